The summed E-state index contributed by atoms with van der Waals surface area (Å²) in [6.07, 6.45) is 0. The van der Waals surface area contributed by atoms with Crippen LogP contribution in [-0.4, -0.2) is 47.7 Å². The zero-order valence-electron chi connectivity index (χ0n) is 13.7. The average Bonchev–Trinajstić information content (AvgIpc) is 2.67. The summed E-state index contributed by atoms with van der Waals surface area (Å²) in [5.41, 5.74) is -3.00. The molecule has 0 aromatic heterocycles. The Labute approximate surface area is 258 Å². The van der Waals surface area contributed by atoms with E-state index in [4.69, 9.17) is 105 Å². The van der Waals surface area contributed by atoms with Crippen LogP contribution in [0.5, 0.6) is 0 Å². The van der Waals surface area contributed by atoms with Gasteiger partial charge in [-0.3, -0.25) is 13.3 Å². The minimum Gasteiger partial charge on any atom is -0.543 e. The van der Waals surface area contributed by atoms with Gasteiger partial charge in [-0.05, 0) is 0 Å². The second-order valence-corrected chi connectivity index (χ2v) is 8.45. The summed E-state index contributed by atoms with van der Waals surface area (Å²) in [5.74, 6) is -4.26. The molecule has 0 amide bonds. The number of carbonyl (C=O) groups is 3. The van der Waals surface area contributed by atoms with E-state index in [2.05, 4.69) is 0 Å². The van der Waals surface area contributed by atoms with Gasteiger partial charge in [0, 0.05) is 35.3 Å². The Hall–Kier alpha value is 1.16. The quantitative estimate of drug-likeness (QED) is 0.231. The van der Waals surface area contributed by atoms with E-state index in [1.54, 1.807) is 0 Å². The molecule has 0 aromatic rings. The van der Waals surface area contributed by atoms with Gasteiger partial charge in [-0.1, -0.05) is 69.6 Å². The Balaban J connectivity index is 0.000000429. The predicted octanol–water partition coefficient (Wildman–Crippen LogP) is 0.663. The molecule has 3 aliphatic rings. The average molecular weight is 777 g/mol. The maximum atomic E-state index is 10.1. The van der Waals surface area contributed by atoms with Gasteiger partial charge in [0.25, 0.3) is 0 Å². The van der Waals surface area contributed by atoms with Crippen molar-refractivity contribution in [1.82, 2.24) is 13.3 Å². The number of nitrogens with zero attached hydrogens (tertiary/aromatic N) is 3. The molecule has 0 saturated carbocycles. The minimum atomic E-state index is -1.42. The topological polar surface area (TPSA) is 130 Å². The normalized spacial score (nSPS) is 23.9. The van der Waals surface area contributed by atoms with Gasteiger partial charge in [-0.2, -0.15) is 0 Å². The van der Waals surface area contributed by atoms with Crippen LogP contribution in [0.15, 0.2) is 32.2 Å². The first-order valence-corrected chi connectivity index (χ1v) is 10.2. The number of alkyl halides is 3. The van der Waals surface area contributed by atoms with E-state index < -0.39 is 34.4 Å². The van der Waals surface area contributed by atoms with Crippen molar-refractivity contribution in [1.29, 1.82) is 0 Å². The maximum absolute atomic E-state index is 10.1. The second kappa shape index (κ2) is 13.3. The molecule has 0 bridgehead atoms. The molecule has 0 fully saturated rings. The van der Waals surface area contributed by atoms with Gasteiger partial charge in [0.05, 0.1) is 50.1 Å². The monoisotopic (exact) mass is 774 g/mol. The number of carbonyl (C=O) groups excluding carboxylic acids is 3. The van der Waals surface area contributed by atoms with Crippen molar-refractivity contribution in [2.75, 3.05) is 0 Å². The zero-order chi connectivity index (χ0) is 23.7. The molecule has 19 heteroatoms. The molecular weight excluding hydrogens is 774 g/mol. The second-order valence-electron chi connectivity index (χ2n) is 4.89. The van der Waals surface area contributed by atoms with E-state index in [9.17, 15) is 29.7 Å². The summed E-state index contributed by atoms with van der Waals surface area (Å²) in [7, 11) is 0. The number of carboxylic acids is 3. The molecule has 179 valence electrons. The van der Waals surface area contributed by atoms with Crippen LogP contribution in [0.1, 0.15) is 0 Å². The molecule has 0 spiro atoms. The third-order valence-corrected chi connectivity index (χ3v) is 7.25. The molecule has 31 heavy (non-hydrogen) atoms. The van der Waals surface area contributed by atoms with Crippen LogP contribution in [-0.2, 0) is 14.4 Å². The van der Waals surface area contributed by atoms with E-state index in [0.717, 1.165) is 13.3 Å². The largest absolute Gasteiger partial charge is 3.00 e. The number of hydrogen-bond acceptors (Lipinski definition) is 9. The molecule has 1 radical (unpaired) electrons. The van der Waals surface area contributed by atoms with E-state index >= 15 is 0 Å². The van der Waals surface area contributed by atoms with Gasteiger partial charge in [0.1, 0.15) is 0 Å². The van der Waals surface area contributed by atoms with Crippen molar-refractivity contribution in [3.63, 3.8) is 0 Å². The Bertz CT molecular complexity index is 759. The number of carboxylic acid groups (broad SMARTS) is 3. The number of rotatable bonds is 3. The van der Waals surface area contributed by atoms with Gasteiger partial charge < -0.3 is 29.7 Å². The summed E-state index contributed by atoms with van der Waals surface area (Å²) in [5, 5.41) is 30.4. The van der Waals surface area contributed by atoms with Crippen LogP contribution < -0.4 is 15.3 Å². The molecule has 0 N–H and O–H groups in total. The number of hydrogen-bond donors (Lipinski definition) is 0. The fourth-order valence-electron chi connectivity index (χ4n) is 1.64. The molecule has 0 saturated heterocycles. The molecule has 0 aliphatic carbocycles. The van der Waals surface area contributed by atoms with Crippen LogP contribution in [0.4, 0.5) is 0 Å². The first kappa shape index (κ1) is 32.2. The van der Waals surface area contributed by atoms with Gasteiger partial charge in [0.15, 0.2) is 16.5 Å². The molecule has 3 aliphatic heterocycles. The van der Waals surface area contributed by atoms with Gasteiger partial charge in [-0.15, -0.1) is 0 Å². The van der Waals surface area contributed by atoms with Crippen molar-refractivity contribution in [3.05, 3.63) is 32.2 Å². The van der Waals surface area contributed by atoms with Crippen molar-refractivity contribution in [3.8, 4) is 0 Å². The molecule has 3 heterocycles. The third kappa shape index (κ3) is 7.08. The van der Waals surface area contributed by atoms with Gasteiger partial charge in [-0.25, -0.2) is 0 Å². The molecular formula is C12H3Cl9N3O6Yb. The maximum Gasteiger partial charge on any atom is 3.00 e. The van der Waals surface area contributed by atoms with Crippen molar-refractivity contribution >= 4 is 123 Å². The van der Waals surface area contributed by atoms with Crippen LogP contribution in [0.3, 0.4) is 0 Å². The Morgan fingerprint density at radius 2 is 0.742 bits per heavy atom. The van der Waals surface area contributed by atoms with Crippen LogP contribution in [0.25, 0.3) is 0 Å². The van der Waals surface area contributed by atoms with Crippen LogP contribution in [0.2, 0.25) is 0 Å². The van der Waals surface area contributed by atoms with Gasteiger partial charge >= 0.3 is 46.9 Å². The predicted molar refractivity (Wildman–Crippen MR) is 106 cm³/mol. The SMILES string of the molecule is O=C([O-])C1=C(Cl)C(Cl)N1Cl.O=C([O-])C1=C(Cl)C(Cl)N1Cl.O=C([O-])C1=C(Cl)C(Cl)N1Cl.[Yb+3]. The smallest absolute Gasteiger partial charge is 0.543 e. The summed E-state index contributed by atoms with van der Waals surface area (Å²) < 4.78 is 2.41. The summed E-state index contributed by atoms with van der Waals surface area (Å²) in [4.78, 5) is 30.3. The first-order chi connectivity index (χ1) is 13.7. The summed E-state index contributed by atoms with van der Waals surface area (Å²) >= 11 is 48.2. The van der Waals surface area contributed by atoms with Crippen LogP contribution in [0, 0.1) is 46.9 Å². The summed E-state index contributed by atoms with van der Waals surface area (Å²) in [6, 6.07) is 0. The molecule has 9 nitrogen and oxygen atoms in total. The van der Waals surface area contributed by atoms with Crippen molar-refractivity contribution in [2.45, 2.75) is 16.5 Å². The Kier molecular flexibility index (Phi) is 13.8. The van der Waals surface area contributed by atoms with E-state index in [-0.39, 0.29) is 79.1 Å². The molecule has 0 aromatic carbocycles. The third-order valence-electron chi connectivity index (χ3n) is 3.12. The van der Waals surface area contributed by atoms with E-state index in [1.165, 1.54) is 0 Å². The van der Waals surface area contributed by atoms with E-state index in [1.807, 2.05) is 0 Å². The first-order valence-electron chi connectivity index (χ1n) is 6.76. The fraction of sp³-hybridized carbons (Fsp3) is 0.250. The van der Waals surface area contributed by atoms with Crippen LogP contribution >= 0.6 is 105 Å². The standard InChI is InChI=1S/3C4H2Cl3NO2.Yb/c3*5-1-2(4(9)10)8(7)3(1)6;/h3*3H,(H,9,10);/q;;;+3/p-3. The van der Waals surface area contributed by atoms with Crippen molar-refractivity contribution < 1.29 is 76.6 Å². The Morgan fingerprint density at radius 3 is 0.806 bits per heavy atom. The molecule has 3 atom stereocenters. The number of halogens is 9. The fourth-order valence-corrected chi connectivity index (χ4v) is 4.09. The Morgan fingerprint density at radius 1 is 0.581 bits per heavy atom. The molecule has 3 unspecified atom stereocenters. The zero-order valence-corrected chi connectivity index (χ0v) is 22.2. The van der Waals surface area contributed by atoms with Crippen molar-refractivity contribution in [2.24, 2.45) is 0 Å². The number of aliphatic carboxylic acids is 3. The summed E-state index contributed by atoms with van der Waals surface area (Å²) in [6.45, 7) is 0. The van der Waals surface area contributed by atoms with Gasteiger partial charge in [0.2, 0.25) is 0 Å². The molecule has 3 rings (SSSR count). The van der Waals surface area contributed by atoms with E-state index in [0.29, 0.717) is 0 Å². The minimum absolute atomic E-state index is 0.